The lowest BCUT2D eigenvalue weighted by atomic mass is 10.1. The second-order valence-corrected chi connectivity index (χ2v) is 7.21. The summed E-state index contributed by atoms with van der Waals surface area (Å²) in [6.07, 6.45) is 3.57. The van der Waals surface area contributed by atoms with Gasteiger partial charge in [-0.2, -0.15) is 0 Å². The van der Waals surface area contributed by atoms with Gasteiger partial charge in [-0.1, -0.05) is 48.2 Å². The minimum atomic E-state index is -0.273. The number of halogens is 1. The van der Waals surface area contributed by atoms with E-state index in [1.165, 1.54) is 23.9 Å². The molecular formula is C21H17FN4OS. The maximum atomic E-state index is 12.9. The number of aromatic nitrogens is 4. The van der Waals surface area contributed by atoms with Crippen molar-refractivity contribution in [2.24, 2.45) is 0 Å². The summed E-state index contributed by atoms with van der Waals surface area (Å²) < 4.78 is 12.9. The predicted octanol–water partition coefficient (Wildman–Crippen LogP) is 4.88. The number of thioether (sulfide) groups is 1. The molecule has 4 aromatic rings. The molecule has 2 heterocycles. The molecule has 0 radical (unpaired) electrons. The molecule has 2 aromatic heterocycles. The minimum Gasteiger partial charge on any atom is -0.358 e. The van der Waals surface area contributed by atoms with Gasteiger partial charge in [0, 0.05) is 22.2 Å². The smallest absolute Gasteiger partial charge is 0.209 e. The van der Waals surface area contributed by atoms with Gasteiger partial charge < -0.3 is 4.98 Å². The molecular weight excluding hydrogens is 375 g/mol. The van der Waals surface area contributed by atoms with E-state index in [2.05, 4.69) is 20.2 Å². The zero-order valence-electron chi connectivity index (χ0n) is 15.1. The molecule has 0 saturated heterocycles. The van der Waals surface area contributed by atoms with Crippen LogP contribution in [0.15, 0.2) is 53.7 Å². The fourth-order valence-corrected chi connectivity index (χ4v) is 3.66. The molecule has 0 amide bonds. The molecule has 7 heteroatoms. The van der Waals surface area contributed by atoms with E-state index in [1.807, 2.05) is 37.3 Å². The first-order chi connectivity index (χ1) is 13.6. The highest BCUT2D eigenvalue weighted by atomic mass is 32.2. The van der Waals surface area contributed by atoms with Gasteiger partial charge in [-0.05, 0) is 36.8 Å². The summed E-state index contributed by atoms with van der Waals surface area (Å²) in [6.45, 7) is 1.91. The lowest BCUT2D eigenvalue weighted by molar-refractivity contribution is 0.102. The highest BCUT2D eigenvalue weighted by molar-refractivity contribution is 7.99. The quantitative estimate of drug-likeness (QED) is 0.362. The van der Waals surface area contributed by atoms with Crippen LogP contribution < -0.4 is 0 Å². The number of para-hydroxylation sites is 1. The number of carbonyl (C=O) groups is 1. The van der Waals surface area contributed by atoms with Crippen LogP contribution in [-0.4, -0.2) is 31.7 Å². The summed E-state index contributed by atoms with van der Waals surface area (Å²) in [5.41, 5.74) is 3.40. The first-order valence-corrected chi connectivity index (χ1v) is 9.68. The largest absolute Gasteiger partial charge is 0.358 e. The number of aryl methyl sites for hydroxylation is 1. The molecule has 0 aliphatic heterocycles. The monoisotopic (exact) mass is 392 g/mol. The maximum Gasteiger partial charge on any atom is 0.209 e. The summed E-state index contributed by atoms with van der Waals surface area (Å²) in [7, 11) is 0. The number of Topliss-reactive ketones (excluding diaryl/α,β-unsaturated/α-hetero) is 1. The molecule has 0 atom stereocenters. The summed E-state index contributed by atoms with van der Waals surface area (Å²) in [6, 6.07) is 13.9. The highest BCUT2D eigenvalue weighted by Crippen LogP contribution is 2.24. The maximum absolute atomic E-state index is 12.9. The number of nitrogens with zero attached hydrogens (tertiary/aromatic N) is 2. The van der Waals surface area contributed by atoms with Gasteiger partial charge in [0.15, 0.2) is 5.78 Å². The molecule has 2 N–H and O–H groups in total. The van der Waals surface area contributed by atoms with Gasteiger partial charge in [0.05, 0.1) is 5.75 Å². The molecule has 0 aliphatic carbocycles. The molecule has 0 fully saturated rings. The van der Waals surface area contributed by atoms with Gasteiger partial charge in [-0.15, -0.1) is 5.10 Å². The number of hydrogen-bond donors (Lipinski definition) is 2. The van der Waals surface area contributed by atoms with Crippen molar-refractivity contribution in [1.82, 2.24) is 20.2 Å². The summed E-state index contributed by atoms with van der Waals surface area (Å²) >= 11 is 1.29. The Morgan fingerprint density at radius 1 is 1.14 bits per heavy atom. The van der Waals surface area contributed by atoms with Crippen LogP contribution in [0.5, 0.6) is 0 Å². The third kappa shape index (κ3) is 3.89. The Balaban J connectivity index is 1.42. The number of nitrogens with one attached hydrogen (secondary N) is 2. The first kappa shape index (κ1) is 18.2. The van der Waals surface area contributed by atoms with Crippen LogP contribution in [0.1, 0.15) is 27.4 Å². The van der Waals surface area contributed by atoms with Crippen molar-refractivity contribution in [2.75, 3.05) is 5.75 Å². The average molecular weight is 392 g/mol. The zero-order valence-corrected chi connectivity index (χ0v) is 15.9. The van der Waals surface area contributed by atoms with E-state index >= 15 is 0 Å². The fourth-order valence-electron chi connectivity index (χ4n) is 2.98. The van der Waals surface area contributed by atoms with Crippen LogP contribution in [0.2, 0.25) is 0 Å². The van der Waals surface area contributed by atoms with E-state index in [1.54, 1.807) is 18.2 Å². The predicted molar refractivity (Wildman–Crippen MR) is 110 cm³/mol. The molecule has 0 bridgehead atoms. The molecule has 28 heavy (non-hydrogen) atoms. The topological polar surface area (TPSA) is 74.4 Å². The van der Waals surface area contributed by atoms with E-state index in [9.17, 15) is 9.18 Å². The van der Waals surface area contributed by atoms with Gasteiger partial charge in [-0.25, -0.2) is 9.37 Å². The molecule has 0 saturated carbocycles. The van der Waals surface area contributed by atoms with Gasteiger partial charge in [0.25, 0.3) is 0 Å². The van der Waals surface area contributed by atoms with Crippen LogP contribution >= 0.6 is 11.8 Å². The van der Waals surface area contributed by atoms with Crippen LogP contribution in [0.25, 0.3) is 23.1 Å². The van der Waals surface area contributed by atoms with Crippen LogP contribution in [0.4, 0.5) is 4.39 Å². The molecule has 2 aromatic carbocycles. The Morgan fingerprint density at radius 2 is 1.93 bits per heavy atom. The number of H-pyrrole nitrogens is 2. The number of hydrogen-bond acceptors (Lipinski definition) is 4. The summed E-state index contributed by atoms with van der Waals surface area (Å²) in [4.78, 5) is 20.3. The van der Waals surface area contributed by atoms with E-state index in [0.29, 0.717) is 11.0 Å². The fraction of sp³-hybridized carbons (Fsp3) is 0.0952. The highest BCUT2D eigenvalue weighted by Gasteiger charge is 2.16. The third-order valence-electron chi connectivity index (χ3n) is 4.29. The van der Waals surface area contributed by atoms with Gasteiger partial charge in [-0.3, -0.25) is 9.89 Å². The molecule has 140 valence electrons. The Labute approximate surface area is 165 Å². The molecule has 0 spiro atoms. The number of rotatable bonds is 6. The van der Waals surface area contributed by atoms with Gasteiger partial charge in [0.1, 0.15) is 11.6 Å². The Hall–Kier alpha value is -3.19. The Morgan fingerprint density at radius 3 is 2.75 bits per heavy atom. The van der Waals surface area contributed by atoms with Crippen molar-refractivity contribution in [3.05, 3.63) is 77.0 Å². The van der Waals surface area contributed by atoms with Crippen molar-refractivity contribution in [2.45, 2.75) is 12.1 Å². The van der Waals surface area contributed by atoms with Crippen molar-refractivity contribution < 1.29 is 9.18 Å². The minimum absolute atomic E-state index is 0.0353. The van der Waals surface area contributed by atoms with Crippen molar-refractivity contribution in [3.8, 4) is 0 Å². The molecule has 0 aliphatic rings. The number of ketones is 1. The van der Waals surface area contributed by atoms with Crippen molar-refractivity contribution in [1.29, 1.82) is 0 Å². The lowest BCUT2D eigenvalue weighted by Gasteiger charge is -1.99. The van der Waals surface area contributed by atoms with Crippen LogP contribution in [-0.2, 0) is 0 Å². The van der Waals surface area contributed by atoms with Crippen LogP contribution in [0, 0.1) is 12.7 Å². The number of benzene rings is 2. The van der Waals surface area contributed by atoms with E-state index < -0.39 is 0 Å². The number of fused-ring (bicyclic) bond motifs is 1. The van der Waals surface area contributed by atoms with Gasteiger partial charge >= 0.3 is 0 Å². The second kappa shape index (κ2) is 7.82. The van der Waals surface area contributed by atoms with Gasteiger partial charge in [0.2, 0.25) is 5.16 Å². The van der Waals surface area contributed by atoms with E-state index in [4.69, 9.17) is 0 Å². The number of carbonyl (C=O) groups excluding carboxylic acids is 1. The summed E-state index contributed by atoms with van der Waals surface area (Å²) in [5.74, 6) is 0.586. The molecule has 5 nitrogen and oxygen atoms in total. The Bertz CT molecular complexity index is 1160. The van der Waals surface area contributed by atoms with Crippen LogP contribution in [0.3, 0.4) is 0 Å². The number of aromatic amines is 2. The normalized spacial score (nSPS) is 11.5. The average Bonchev–Trinajstić information content (AvgIpc) is 3.29. The SMILES string of the molecule is Cc1[nH]c2ccccc2c1C(=O)CSc1n[nH]c(/C=C/c2ccc(F)cc2)n1. The molecule has 4 rings (SSSR count). The molecule has 0 unspecified atom stereocenters. The van der Waals surface area contributed by atoms with Crippen molar-refractivity contribution >= 4 is 40.6 Å². The Kier molecular flexibility index (Phi) is 5.08. The standard InChI is InChI=1S/C21H17FN4OS/c1-13-20(16-4-2-3-5-17(16)23-13)18(27)12-28-21-24-19(25-26-21)11-8-14-6-9-15(22)10-7-14/h2-11,23H,12H2,1H3,(H,24,25,26)/b11-8+. The van der Waals surface area contributed by atoms with E-state index in [-0.39, 0.29) is 17.4 Å². The lowest BCUT2D eigenvalue weighted by Crippen LogP contribution is -2.03. The van der Waals surface area contributed by atoms with Crippen molar-refractivity contribution in [3.63, 3.8) is 0 Å². The summed E-state index contributed by atoms with van der Waals surface area (Å²) in [5, 5.41) is 8.40. The zero-order chi connectivity index (χ0) is 19.5. The first-order valence-electron chi connectivity index (χ1n) is 8.69. The second-order valence-electron chi connectivity index (χ2n) is 6.27. The van der Waals surface area contributed by atoms with E-state index in [0.717, 1.165) is 27.7 Å². The third-order valence-corrected chi connectivity index (χ3v) is 5.14.